The zero-order chi connectivity index (χ0) is 19.2. The molecule has 3 amide bonds. The fraction of sp³-hybridized carbons (Fsp3) is 0.238. The van der Waals surface area contributed by atoms with Crippen molar-refractivity contribution in [2.75, 3.05) is 10.6 Å². The van der Waals surface area contributed by atoms with E-state index < -0.39 is 0 Å². The maximum atomic E-state index is 12.2. The van der Waals surface area contributed by atoms with E-state index in [0.29, 0.717) is 24.2 Å². The Hall–Kier alpha value is -3.28. The Morgan fingerprint density at radius 1 is 0.963 bits per heavy atom. The monoisotopic (exact) mass is 364 g/mol. The van der Waals surface area contributed by atoms with Crippen molar-refractivity contribution in [2.45, 2.75) is 32.7 Å². The molecule has 3 aromatic rings. The van der Waals surface area contributed by atoms with Gasteiger partial charge in [-0.2, -0.15) is 0 Å². The smallest absolute Gasteiger partial charge is 0.319 e. The molecule has 0 unspecified atom stereocenters. The van der Waals surface area contributed by atoms with Gasteiger partial charge in [0.2, 0.25) is 5.91 Å². The number of aromatic nitrogens is 1. The average molecular weight is 364 g/mol. The second kappa shape index (κ2) is 8.40. The topological polar surface area (TPSA) is 86.0 Å². The number of carbonyl (C=O) groups is 2. The molecule has 0 atom stereocenters. The number of benzene rings is 2. The fourth-order valence-electron chi connectivity index (χ4n) is 2.88. The summed E-state index contributed by atoms with van der Waals surface area (Å²) in [5, 5.41) is 9.55. The summed E-state index contributed by atoms with van der Waals surface area (Å²) in [6, 6.07) is 14.9. The van der Waals surface area contributed by atoms with Crippen LogP contribution in [-0.4, -0.2) is 23.0 Å². The van der Waals surface area contributed by atoms with Gasteiger partial charge in [0.25, 0.3) is 0 Å². The quantitative estimate of drug-likeness (QED) is 0.526. The molecule has 27 heavy (non-hydrogen) atoms. The number of hydrogen-bond donors (Lipinski definition) is 4. The molecule has 1 heterocycles. The minimum Gasteiger partial charge on any atom is -0.361 e. The van der Waals surface area contributed by atoms with Gasteiger partial charge in [-0.15, -0.1) is 0 Å². The first-order valence-corrected chi connectivity index (χ1v) is 9.03. The van der Waals surface area contributed by atoms with Crippen LogP contribution in [0.15, 0.2) is 54.7 Å². The van der Waals surface area contributed by atoms with Crippen molar-refractivity contribution in [1.82, 2.24) is 10.3 Å². The number of nitrogens with one attached hydrogen (secondary N) is 4. The summed E-state index contributed by atoms with van der Waals surface area (Å²) in [4.78, 5) is 27.1. The molecule has 1 aromatic heterocycles. The van der Waals surface area contributed by atoms with Crippen molar-refractivity contribution in [1.29, 1.82) is 0 Å². The molecule has 0 bridgehead atoms. The molecule has 3 rings (SSSR count). The Kier molecular flexibility index (Phi) is 5.76. The predicted molar refractivity (Wildman–Crippen MR) is 109 cm³/mol. The highest BCUT2D eigenvalue weighted by Gasteiger charge is 2.08. The summed E-state index contributed by atoms with van der Waals surface area (Å²) < 4.78 is 0. The number of fused-ring (bicyclic) bond motifs is 1. The van der Waals surface area contributed by atoms with Crippen molar-refractivity contribution >= 4 is 34.2 Å². The number of amides is 3. The number of anilines is 2. The van der Waals surface area contributed by atoms with E-state index >= 15 is 0 Å². The van der Waals surface area contributed by atoms with Crippen LogP contribution in [0.4, 0.5) is 16.2 Å². The molecule has 0 radical (unpaired) electrons. The zero-order valence-corrected chi connectivity index (χ0v) is 15.5. The molecular weight excluding hydrogens is 340 g/mol. The third-order valence-corrected chi connectivity index (χ3v) is 4.14. The molecule has 0 fully saturated rings. The molecule has 4 N–H and O–H groups in total. The largest absolute Gasteiger partial charge is 0.361 e. The van der Waals surface area contributed by atoms with Gasteiger partial charge in [-0.05, 0) is 56.2 Å². The van der Waals surface area contributed by atoms with Gasteiger partial charge >= 0.3 is 6.03 Å². The standard InChI is InChI=1S/C21H24N4O2/c1-14(2)23-21(27)25-17-10-8-16(9-11-17)24-20(26)12-7-15-13-22-19-6-4-3-5-18(15)19/h3-6,8-11,13-14,22H,7,12H2,1-2H3,(H,24,26)(H2,23,25,27). The van der Waals surface area contributed by atoms with Crippen molar-refractivity contribution in [3.8, 4) is 0 Å². The van der Waals surface area contributed by atoms with Gasteiger partial charge in [0, 0.05) is 40.9 Å². The van der Waals surface area contributed by atoms with Crippen LogP contribution in [0.2, 0.25) is 0 Å². The second-order valence-electron chi connectivity index (χ2n) is 6.74. The first-order chi connectivity index (χ1) is 13.0. The van der Waals surface area contributed by atoms with Crippen LogP contribution in [0.25, 0.3) is 10.9 Å². The van der Waals surface area contributed by atoms with E-state index in [1.165, 1.54) is 0 Å². The number of urea groups is 1. The summed E-state index contributed by atoms with van der Waals surface area (Å²) in [6.07, 6.45) is 3.03. The molecule has 6 heteroatoms. The van der Waals surface area contributed by atoms with Crippen LogP contribution < -0.4 is 16.0 Å². The molecule has 6 nitrogen and oxygen atoms in total. The molecule has 0 saturated carbocycles. The average Bonchev–Trinajstić information content (AvgIpc) is 3.04. The Morgan fingerprint density at radius 2 is 1.63 bits per heavy atom. The lowest BCUT2D eigenvalue weighted by atomic mass is 10.1. The van der Waals surface area contributed by atoms with Gasteiger partial charge in [0.1, 0.15) is 0 Å². The summed E-state index contributed by atoms with van der Waals surface area (Å²) in [5.41, 5.74) is 3.59. The normalized spacial score (nSPS) is 10.8. The zero-order valence-electron chi connectivity index (χ0n) is 15.5. The van der Waals surface area contributed by atoms with Crippen LogP contribution >= 0.6 is 0 Å². The van der Waals surface area contributed by atoms with Crippen molar-refractivity contribution in [2.24, 2.45) is 0 Å². The van der Waals surface area contributed by atoms with Gasteiger partial charge in [-0.3, -0.25) is 4.79 Å². The van der Waals surface area contributed by atoms with E-state index in [-0.39, 0.29) is 18.0 Å². The number of aromatic amines is 1. The summed E-state index contributed by atoms with van der Waals surface area (Å²) in [7, 11) is 0. The summed E-state index contributed by atoms with van der Waals surface area (Å²) >= 11 is 0. The molecular formula is C21H24N4O2. The van der Waals surface area contributed by atoms with Gasteiger partial charge < -0.3 is 20.9 Å². The van der Waals surface area contributed by atoms with E-state index in [4.69, 9.17) is 0 Å². The molecule has 0 aliphatic heterocycles. The maximum absolute atomic E-state index is 12.2. The van der Waals surface area contributed by atoms with Crippen LogP contribution in [0.3, 0.4) is 0 Å². The first kappa shape index (κ1) is 18.5. The summed E-state index contributed by atoms with van der Waals surface area (Å²) in [5.74, 6) is -0.0430. The van der Waals surface area contributed by atoms with Crippen LogP contribution in [0.5, 0.6) is 0 Å². The Labute approximate surface area is 158 Å². The highest BCUT2D eigenvalue weighted by atomic mass is 16.2. The minimum atomic E-state index is -0.250. The molecule has 0 aliphatic rings. The number of rotatable bonds is 6. The molecule has 0 spiro atoms. The number of aryl methyl sites for hydroxylation is 1. The van der Waals surface area contributed by atoms with Gasteiger partial charge in [0.05, 0.1) is 0 Å². The van der Waals surface area contributed by atoms with Crippen LogP contribution in [0.1, 0.15) is 25.8 Å². The van der Waals surface area contributed by atoms with Gasteiger partial charge in [-0.25, -0.2) is 4.79 Å². The Morgan fingerprint density at radius 3 is 2.33 bits per heavy atom. The van der Waals surface area contributed by atoms with E-state index in [0.717, 1.165) is 16.5 Å². The van der Waals surface area contributed by atoms with Crippen LogP contribution in [-0.2, 0) is 11.2 Å². The molecule has 0 saturated heterocycles. The lowest BCUT2D eigenvalue weighted by Crippen LogP contribution is -2.34. The first-order valence-electron chi connectivity index (χ1n) is 9.03. The van der Waals surface area contributed by atoms with Crippen LogP contribution in [0, 0.1) is 0 Å². The molecule has 2 aromatic carbocycles. The molecule has 0 aliphatic carbocycles. The lowest BCUT2D eigenvalue weighted by Gasteiger charge is -2.11. The van der Waals surface area contributed by atoms with E-state index in [2.05, 4.69) is 27.0 Å². The highest BCUT2D eigenvalue weighted by Crippen LogP contribution is 2.19. The third kappa shape index (κ3) is 5.10. The Bertz CT molecular complexity index is 929. The van der Waals surface area contributed by atoms with Crippen molar-refractivity contribution in [3.63, 3.8) is 0 Å². The number of hydrogen-bond acceptors (Lipinski definition) is 2. The second-order valence-corrected chi connectivity index (χ2v) is 6.74. The van der Waals surface area contributed by atoms with E-state index in [1.807, 2.05) is 38.2 Å². The van der Waals surface area contributed by atoms with Crippen molar-refractivity contribution < 1.29 is 9.59 Å². The SMILES string of the molecule is CC(C)NC(=O)Nc1ccc(NC(=O)CCc2c[nH]c3ccccc23)cc1. The third-order valence-electron chi connectivity index (χ3n) is 4.14. The van der Waals surface area contributed by atoms with Gasteiger partial charge in [0.15, 0.2) is 0 Å². The number of carbonyl (C=O) groups excluding carboxylic acids is 2. The van der Waals surface area contributed by atoms with Gasteiger partial charge in [-0.1, -0.05) is 18.2 Å². The number of H-pyrrole nitrogens is 1. The maximum Gasteiger partial charge on any atom is 0.319 e. The molecule has 140 valence electrons. The summed E-state index contributed by atoms with van der Waals surface area (Å²) in [6.45, 7) is 3.79. The Balaban J connectivity index is 1.51. The predicted octanol–water partition coefficient (Wildman–Crippen LogP) is 4.27. The highest BCUT2D eigenvalue weighted by molar-refractivity contribution is 5.93. The lowest BCUT2D eigenvalue weighted by molar-refractivity contribution is -0.116. The van der Waals surface area contributed by atoms with Crippen molar-refractivity contribution in [3.05, 3.63) is 60.3 Å². The van der Waals surface area contributed by atoms with E-state index in [9.17, 15) is 9.59 Å². The van der Waals surface area contributed by atoms with E-state index in [1.54, 1.807) is 24.3 Å². The number of para-hydroxylation sites is 1. The minimum absolute atomic E-state index is 0.0430. The fourth-order valence-corrected chi connectivity index (χ4v) is 2.88.